The number of benzene rings is 1. The molecular weight excluding hydrogens is 258 g/mol. The van der Waals surface area contributed by atoms with Gasteiger partial charge >= 0.3 is 6.09 Å². The van der Waals surface area contributed by atoms with Crippen LogP contribution in [0.1, 0.15) is 31.1 Å². The van der Waals surface area contributed by atoms with E-state index in [1.165, 1.54) is 0 Å². The molecule has 0 radical (unpaired) electrons. The zero-order chi connectivity index (χ0) is 14.6. The van der Waals surface area contributed by atoms with Crippen LogP contribution < -0.4 is 10.9 Å². The standard InChI is InChI=1S/C12H14F2N2O3/c1-12(2,3)19-11(18)16-15-10(17)8-6-7(13)4-5-9(8)14/h4-6H,1-3H3,(H,15,17)(H,16,18). The molecule has 2 N–H and O–H groups in total. The third-order valence-electron chi connectivity index (χ3n) is 1.85. The van der Waals surface area contributed by atoms with E-state index in [-0.39, 0.29) is 0 Å². The van der Waals surface area contributed by atoms with Gasteiger partial charge in [0.05, 0.1) is 5.56 Å². The van der Waals surface area contributed by atoms with Gasteiger partial charge in [0, 0.05) is 0 Å². The summed E-state index contributed by atoms with van der Waals surface area (Å²) in [5.41, 5.74) is 2.60. The van der Waals surface area contributed by atoms with Crippen molar-refractivity contribution in [3.05, 3.63) is 35.4 Å². The minimum absolute atomic E-state index is 0.518. The van der Waals surface area contributed by atoms with Gasteiger partial charge in [-0.3, -0.25) is 10.2 Å². The Labute approximate surface area is 108 Å². The van der Waals surface area contributed by atoms with Crippen molar-refractivity contribution in [2.24, 2.45) is 0 Å². The van der Waals surface area contributed by atoms with Crippen LogP contribution in [0.5, 0.6) is 0 Å². The van der Waals surface area contributed by atoms with Crippen LogP contribution in [0.15, 0.2) is 18.2 Å². The van der Waals surface area contributed by atoms with Crippen molar-refractivity contribution < 1.29 is 23.1 Å². The topological polar surface area (TPSA) is 67.4 Å². The van der Waals surface area contributed by atoms with E-state index in [0.717, 1.165) is 18.2 Å². The van der Waals surface area contributed by atoms with Crippen molar-refractivity contribution in [2.45, 2.75) is 26.4 Å². The lowest BCUT2D eigenvalue weighted by atomic mass is 10.2. The summed E-state index contributed by atoms with van der Waals surface area (Å²) in [4.78, 5) is 22.7. The van der Waals surface area contributed by atoms with E-state index >= 15 is 0 Å². The molecule has 0 spiro atoms. The minimum atomic E-state index is -0.983. The highest BCUT2D eigenvalue weighted by Gasteiger charge is 2.18. The average molecular weight is 272 g/mol. The molecule has 19 heavy (non-hydrogen) atoms. The fourth-order valence-corrected chi connectivity index (χ4v) is 1.15. The van der Waals surface area contributed by atoms with Crippen molar-refractivity contribution in [1.29, 1.82) is 0 Å². The van der Waals surface area contributed by atoms with Crippen LogP contribution in [0.4, 0.5) is 13.6 Å². The lowest BCUT2D eigenvalue weighted by molar-refractivity contribution is 0.0483. The Morgan fingerprint density at radius 2 is 1.79 bits per heavy atom. The highest BCUT2D eigenvalue weighted by molar-refractivity contribution is 5.95. The van der Waals surface area contributed by atoms with Crippen LogP contribution >= 0.6 is 0 Å². The van der Waals surface area contributed by atoms with Crippen molar-refractivity contribution in [3.63, 3.8) is 0 Å². The lowest BCUT2D eigenvalue weighted by Crippen LogP contribution is -2.44. The second-order valence-electron chi connectivity index (χ2n) is 4.71. The van der Waals surface area contributed by atoms with Crippen molar-refractivity contribution in [2.75, 3.05) is 0 Å². The maximum absolute atomic E-state index is 13.2. The molecule has 0 aromatic heterocycles. The van der Waals surface area contributed by atoms with E-state index in [2.05, 4.69) is 0 Å². The van der Waals surface area contributed by atoms with Gasteiger partial charge in [-0.1, -0.05) is 0 Å². The molecule has 0 bridgehead atoms. The van der Waals surface area contributed by atoms with Crippen LogP contribution in [0.2, 0.25) is 0 Å². The zero-order valence-electron chi connectivity index (χ0n) is 10.7. The number of amides is 2. The number of ether oxygens (including phenoxy) is 1. The first-order chi connectivity index (χ1) is 8.69. The molecule has 0 aliphatic rings. The summed E-state index contributed by atoms with van der Waals surface area (Å²) >= 11 is 0. The number of hydrazine groups is 1. The summed E-state index contributed by atoms with van der Waals surface area (Å²) in [5, 5.41) is 0. The van der Waals surface area contributed by atoms with Gasteiger partial charge in [0.2, 0.25) is 0 Å². The molecule has 0 fully saturated rings. The average Bonchev–Trinajstić information content (AvgIpc) is 2.27. The van der Waals surface area contributed by atoms with Gasteiger partial charge in [0.15, 0.2) is 0 Å². The van der Waals surface area contributed by atoms with Gasteiger partial charge in [-0.25, -0.2) is 19.0 Å². The molecule has 1 rings (SSSR count). The maximum Gasteiger partial charge on any atom is 0.426 e. The monoisotopic (exact) mass is 272 g/mol. The van der Waals surface area contributed by atoms with E-state index in [4.69, 9.17) is 4.74 Å². The molecule has 0 saturated heterocycles. The largest absolute Gasteiger partial charge is 0.443 e. The van der Waals surface area contributed by atoms with E-state index in [1.807, 2.05) is 10.9 Å². The van der Waals surface area contributed by atoms with E-state index in [0.29, 0.717) is 0 Å². The maximum atomic E-state index is 13.2. The fraction of sp³-hybridized carbons (Fsp3) is 0.333. The van der Waals surface area contributed by atoms with Crippen LogP contribution in [-0.2, 0) is 4.74 Å². The molecule has 0 heterocycles. The lowest BCUT2D eigenvalue weighted by Gasteiger charge is -2.19. The first-order valence-electron chi connectivity index (χ1n) is 5.43. The first kappa shape index (κ1) is 14.9. The number of carbonyl (C=O) groups is 2. The van der Waals surface area contributed by atoms with E-state index in [1.54, 1.807) is 20.8 Å². The molecule has 1 aromatic carbocycles. The second kappa shape index (κ2) is 5.64. The van der Waals surface area contributed by atoms with Gasteiger partial charge in [-0.05, 0) is 39.0 Å². The van der Waals surface area contributed by atoms with Gasteiger partial charge in [0.1, 0.15) is 17.2 Å². The normalized spacial score (nSPS) is 10.8. The molecule has 0 unspecified atom stereocenters. The highest BCUT2D eigenvalue weighted by atomic mass is 19.1. The van der Waals surface area contributed by atoms with Crippen molar-refractivity contribution in [1.82, 2.24) is 10.9 Å². The quantitative estimate of drug-likeness (QED) is 0.770. The van der Waals surface area contributed by atoms with Crippen LogP contribution in [0, 0.1) is 11.6 Å². The minimum Gasteiger partial charge on any atom is -0.443 e. The molecule has 7 heteroatoms. The predicted octanol–water partition coefficient (Wildman–Crippen LogP) is 2.13. The van der Waals surface area contributed by atoms with Gasteiger partial charge in [0.25, 0.3) is 5.91 Å². The third kappa shape index (κ3) is 4.90. The second-order valence-corrected chi connectivity index (χ2v) is 4.71. The van der Waals surface area contributed by atoms with Crippen molar-refractivity contribution >= 4 is 12.0 Å². The molecule has 2 amide bonds. The zero-order valence-corrected chi connectivity index (χ0v) is 10.7. The number of rotatable bonds is 1. The molecule has 1 aromatic rings. The Hall–Kier alpha value is -2.18. The van der Waals surface area contributed by atoms with E-state index in [9.17, 15) is 18.4 Å². The van der Waals surface area contributed by atoms with Crippen LogP contribution in [0.3, 0.4) is 0 Å². The Bertz CT molecular complexity index is 498. The molecule has 0 aliphatic heterocycles. The summed E-state index contributed by atoms with van der Waals surface area (Å²) in [7, 11) is 0. The predicted molar refractivity (Wildman–Crippen MR) is 63.2 cm³/mol. The third-order valence-corrected chi connectivity index (χ3v) is 1.85. The molecule has 104 valence electrons. The van der Waals surface area contributed by atoms with Crippen LogP contribution in [-0.4, -0.2) is 17.6 Å². The number of carbonyl (C=O) groups excluding carboxylic acids is 2. The Morgan fingerprint density at radius 1 is 1.16 bits per heavy atom. The SMILES string of the molecule is CC(C)(C)OC(=O)NNC(=O)c1cc(F)ccc1F. The number of halogens is 2. The highest BCUT2D eigenvalue weighted by Crippen LogP contribution is 2.09. The van der Waals surface area contributed by atoms with Gasteiger partial charge in [-0.2, -0.15) is 0 Å². The fourth-order valence-electron chi connectivity index (χ4n) is 1.15. The Morgan fingerprint density at radius 3 is 2.37 bits per heavy atom. The van der Waals surface area contributed by atoms with Gasteiger partial charge < -0.3 is 4.74 Å². The number of hydrogen-bond acceptors (Lipinski definition) is 3. The molecule has 5 nitrogen and oxygen atoms in total. The summed E-state index contributed by atoms with van der Waals surface area (Å²) in [6.45, 7) is 4.92. The molecule has 0 saturated carbocycles. The molecule has 0 aliphatic carbocycles. The smallest absolute Gasteiger partial charge is 0.426 e. The Kier molecular flexibility index (Phi) is 4.42. The van der Waals surface area contributed by atoms with E-state index < -0.39 is 34.8 Å². The summed E-state index contributed by atoms with van der Waals surface area (Å²) in [6.07, 6.45) is -0.905. The Balaban J connectivity index is 2.61. The van der Waals surface area contributed by atoms with Crippen molar-refractivity contribution in [3.8, 4) is 0 Å². The first-order valence-corrected chi connectivity index (χ1v) is 5.43. The number of nitrogens with one attached hydrogen (secondary N) is 2. The molecule has 0 atom stereocenters. The number of hydrogen-bond donors (Lipinski definition) is 2. The summed E-state index contributed by atoms with van der Waals surface area (Å²) < 4.78 is 31.0. The summed E-state index contributed by atoms with van der Waals surface area (Å²) in [6, 6.07) is 2.42. The summed E-state index contributed by atoms with van der Waals surface area (Å²) in [5.74, 6) is -2.64. The van der Waals surface area contributed by atoms with Crippen LogP contribution in [0.25, 0.3) is 0 Å². The van der Waals surface area contributed by atoms with Gasteiger partial charge in [-0.15, -0.1) is 0 Å². The molecular formula is C12H14F2N2O3.